The molecule has 1 aromatic heterocycles. The largest absolute Gasteiger partial charge is 0.465 e. The molecule has 4 nitrogen and oxygen atoms in total. The Morgan fingerprint density at radius 1 is 1.20 bits per heavy atom. The summed E-state index contributed by atoms with van der Waals surface area (Å²) in [4.78, 5) is 14.0. The van der Waals surface area contributed by atoms with Crippen LogP contribution in [0.3, 0.4) is 0 Å². The number of amides is 1. The maximum absolute atomic E-state index is 14.1. The van der Waals surface area contributed by atoms with Gasteiger partial charge in [-0.05, 0) is 18.2 Å². The number of thiophene rings is 1. The molecule has 0 spiro atoms. The predicted molar refractivity (Wildman–Crippen MR) is 73.6 cm³/mol. The van der Waals surface area contributed by atoms with Crippen LogP contribution in [0.4, 0.5) is 19.3 Å². The standard InChI is InChI=1S/C13H12F2N2O2S/c14-8-1-2-9-10(7-8)20-12(15)11(9)16-3-5-17(6-4-16)13(18)19/h1-2,7H,3-6H2,(H,18,19). The van der Waals surface area contributed by atoms with Gasteiger partial charge in [0.15, 0.2) is 0 Å². The van der Waals surface area contributed by atoms with E-state index in [2.05, 4.69) is 0 Å². The van der Waals surface area contributed by atoms with E-state index in [9.17, 15) is 13.6 Å². The maximum Gasteiger partial charge on any atom is 0.407 e. The molecule has 1 aliphatic heterocycles. The number of hydrogen-bond donors (Lipinski definition) is 1. The molecule has 1 saturated heterocycles. The minimum Gasteiger partial charge on any atom is -0.465 e. The third-order valence-electron chi connectivity index (χ3n) is 3.45. The quantitative estimate of drug-likeness (QED) is 0.880. The molecule has 2 aromatic rings. The fraction of sp³-hybridized carbons (Fsp3) is 0.308. The van der Waals surface area contributed by atoms with E-state index in [4.69, 9.17) is 5.11 Å². The number of anilines is 1. The van der Waals surface area contributed by atoms with Gasteiger partial charge >= 0.3 is 6.09 Å². The normalized spacial score (nSPS) is 15.9. The van der Waals surface area contributed by atoms with Gasteiger partial charge in [-0.25, -0.2) is 9.18 Å². The number of nitrogens with zero attached hydrogens (tertiary/aromatic N) is 2. The number of rotatable bonds is 1. The molecule has 20 heavy (non-hydrogen) atoms. The zero-order valence-electron chi connectivity index (χ0n) is 10.5. The van der Waals surface area contributed by atoms with Gasteiger partial charge < -0.3 is 14.9 Å². The Kier molecular flexibility index (Phi) is 3.21. The number of hydrogen-bond acceptors (Lipinski definition) is 3. The van der Waals surface area contributed by atoms with Gasteiger partial charge in [-0.15, -0.1) is 11.3 Å². The molecule has 0 unspecified atom stereocenters. The molecule has 2 heterocycles. The van der Waals surface area contributed by atoms with Crippen molar-refractivity contribution in [3.63, 3.8) is 0 Å². The summed E-state index contributed by atoms with van der Waals surface area (Å²) in [5.41, 5.74) is 0.454. The monoisotopic (exact) mass is 298 g/mol. The van der Waals surface area contributed by atoms with Crippen LogP contribution in [0.15, 0.2) is 18.2 Å². The topological polar surface area (TPSA) is 43.8 Å². The molecule has 1 aliphatic rings. The number of benzene rings is 1. The Balaban J connectivity index is 1.91. The zero-order chi connectivity index (χ0) is 14.3. The van der Waals surface area contributed by atoms with E-state index < -0.39 is 6.09 Å². The van der Waals surface area contributed by atoms with E-state index in [0.717, 1.165) is 11.3 Å². The summed E-state index contributed by atoms with van der Waals surface area (Å²) >= 11 is 0.915. The third-order valence-corrected chi connectivity index (χ3v) is 4.38. The highest BCUT2D eigenvalue weighted by molar-refractivity contribution is 7.18. The number of halogens is 2. The summed E-state index contributed by atoms with van der Waals surface area (Å²) in [6, 6.07) is 4.20. The minimum absolute atomic E-state index is 0.341. The molecule has 1 N–H and O–H groups in total. The van der Waals surface area contributed by atoms with Crippen molar-refractivity contribution < 1.29 is 18.7 Å². The summed E-state index contributed by atoms with van der Waals surface area (Å²) in [5, 5.41) is 9.23. The molecular weight excluding hydrogens is 286 g/mol. The second-order valence-corrected chi connectivity index (χ2v) is 5.62. The lowest BCUT2D eigenvalue weighted by molar-refractivity contribution is 0.142. The average Bonchev–Trinajstić information content (AvgIpc) is 2.73. The second-order valence-electron chi connectivity index (χ2n) is 4.62. The van der Waals surface area contributed by atoms with Crippen LogP contribution in [0.5, 0.6) is 0 Å². The molecule has 106 valence electrons. The van der Waals surface area contributed by atoms with Gasteiger partial charge in [0.1, 0.15) is 5.82 Å². The van der Waals surface area contributed by atoms with Crippen LogP contribution >= 0.6 is 11.3 Å². The molecule has 1 fully saturated rings. The SMILES string of the molecule is O=C(O)N1CCN(c2c(F)sc3cc(F)ccc23)CC1. The average molecular weight is 298 g/mol. The van der Waals surface area contributed by atoms with Crippen molar-refractivity contribution in [1.29, 1.82) is 0 Å². The zero-order valence-corrected chi connectivity index (χ0v) is 11.3. The molecular formula is C13H12F2N2O2S. The van der Waals surface area contributed by atoms with Gasteiger partial charge in [-0.3, -0.25) is 0 Å². The van der Waals surface area contributed by atoms with E-state index in [1.54, 1.807) is 6.07 Å². The first-order valence-corrected chi connectivity index (χ1v) is 6.98. The molecule has 0 saturated carbocycles. The van der Waals surface area contributed by atoms with Crippen LogP contribution < -0.4 is 4.90 Å². The number of carbonyl (C=O) groups is 1. The van der Waals surface area contributed by atoms with Crippen molar-refractivity contribution >= 4 is 33.2 Å². The first-order chi connectivity index (χ1) is 9.56. The van der Waals surface area contributed by atoms with E-state index in [0.29, 0.717) is 42.0 Å². The Morgan fingerprint density at radius 2 is 1.90 bits per heavy atom. The molecule has 0 bridgehead atoms. The van der Waals surface area contributed by atoms with Crippen LogP contribution in [0.2, 0.25) is 0 Å². The van der Waals surface area contributed by atoms with Crippen LogP contribution in [0, 0.1) is 10.9 Å². The molecule has 1 aromatic carbocycles. The molecule has 0 radical (unpaired) electrons. The third kappa shape index (κ3) is 2.18. The first kappa shape index (κ1) is 13.1. The Bertz CT molecular complexity index is 666. The molecule has 7 heteroatoms. The summed E-state index contributed by atoms with van der Waals surface area (Å²) < 4.78 is 27.8. The lowest BCUT2D eigenvalue weighted by Crippen LogP contribution is -2.48. The van der Waals surface area contributed by atoms with Gasteiger partial charge in [-0.1, -0.05) is 0 Å². The summed E-state index contributed by atoms with van der Waals surface area (Å²) in [5.74, 6) is -0.388. The second kappa shape index (κ2) is 4.90. The van der Waals surface area contributed by atoms with Crippen LogP contribution in [0.1, 0.15) is 0 Å². The Labute approximate surface area is 117 Å². The van der Waals surface area contributed by atoms with E-state index in [-0.39, 0.29) is 10.9 Å². The van der Waals surface area contributed by atoms with Crippen molar-refractivity contribution in [2.45, 2.75) is 0 Å². The number of piperazine rings is 1. The van der Waals surface area contributed by atoms with Crippen LogP contribution in [-0.2, 0) is 0 Å². The summed E-state index contributed by atoms with van der Waals surface area (Å²) in [7, 11) is 0. The minimum atomic E-state index is -0.956. The number of carboxylic acid groups (broad SMARTS) is 1. The van der Waals surface area contributed by atoms with E-state index in [1.165, 1.54) is 17.0 Å². The molecule has 1 amide bonds. The smallest absolute Gasteiger partial charge is 0.407 e. The first-order valence-electron chi connectivity index (χ1n) is 6.16. The van der Waals surface area contributed by atoms with Crippen molar-refractivity contribution in [2.24, 2.45) is 0 Å². The van der Waals surface area contributed by atoms with Crippen molar-refractivity contribution in [1.82, 2.24) is 4.90 Å². The summed E-state index contributed by atoms with van der Waals surface area (Å²) in [6.07, 6.45) is -0.956. The Morgan fingerprint density at radius 3 is 2.55 bits per heavy atom. The van der Waals surface area contributed by atoms with Crippen LogP contribution in [0.25, 0.3) is 10.1 Å². The number of fused-ring (bicyclic) bond motifs is 1. The highest BCUT2D eigenvalue weighted by Gasteiger charge is 2.25. The van der Waals surface area contributed by atoms with E-state index in [1.807, 2.05) is 4.90 Å². The van der Waals surface area contributed by atoms with E-state index >= 15 is 0 Å². The lowest BCUT2D eigenvalue weighted by atomic mass is 10.2. The van der Waals surface area contributed by atoms with Gasteiger partial charge in [0, 0.05) is 36.3 Å². The van der Waals surface area contributed by atoms with Gasteiger partial charge in [-0.2, -0.15) is 4.39 Å². The predicted octanol–water partition coefficient (Wildman–Crippen LogP) is 2.98. The maximum atomic E-state index is 14.1. The van der Waals surface area contributed by atoms with Crippen molar-refractivity contribution in [3.05, 3.63) is 29.1 Å². The highest BCUT2D eigenvalue weighted by Crippen LogP contribution is 2.37. The van der Waals surface area contributed by atoms with Gasteiger partial charge in [0.05, 0.1) is 5.69 Å². The van der Waals surface area contributed by atoms with Crippen LogP contribution in [-0.4, -0.2) is 42.3 Å². The van der Waals surface area contributed by atoms with Crippen molar-refractivity contribution in [3.8, 4) is 0 Å². The van der Waals surface area contributed by atoms with Crippen molar-refractivity contribution in [2.75, 3.05) is 31.1 Å². The fourth-order valence-electron chi connectivity index (χ4n) is 2.44. The summed E-state index contributed by atoms with van der Waals surface area (Å²) in [6.45, 7) is 1.56. The molecule has 0 atom stereocenters. The highest BCUT2D eigenvalue weighted by atomic mass is 32.1. The Hall–Kier alpha value is -1.89. The van der Waals surface area contributed by atoms with Gasteiger partial charge in [0.2, 0.25) is 5.13 Å². The molecule has 0 aliphatic carbocycles. The lowest BCUT2D eigenvalue weighted by Gasteiger charge is -2.34. The fourth-order valence-corrected chi connectivity index (χ4v) is 3.42. The molecule has 3 rings (SSSR count). The van der Waals surface area contributed by atoms with Gasteiger partial charge in [0.25, 0.3) is 0 Å².